The highest BCUT2D eigenvalue weighted by molar-refractivity contribution is 5.99. The Labute approximate surface area is 154 Å². The number of aldehydes is 1. The van der Waals surface area contributed by atoms with Gasteiger partial charge in [-0.3, -0.25) is 14.4 Å². The van der Waals surface area contributed by atoms with Crippen LogP contribution in [0.25, 0.3) is 11.2 Å². The van der Waals surface area contributed by atoms with Gasteiger partial charge in [0.15, 0.2) is 17.5 Å². The van der Waals surface area contributed by atoms with Gasteiger partial charge in [0.2, 0.25) is 5.95 Å². The van der Waals surface area contributed by atoms with Crippen molar-refractivity contribution in [3.8, 4) is 0 Å². The predicted molar refractivity (Wildman–Crippen MR) is 99.7 cm³/mol. The van der Waals surface area contributed by atoms with Gasteiger partial charge in [0.1, 0.15) is 5.69 Å². The van der Waals surface area contributed by atoms with Crippen molar-refractivity contribution in [1.29, 1.82) is 0 Å². The number of hydrogen-bond donors (Lipinski definition) is 0. The third-order valence-corrected chi connectivity index (χ3v) is 3.69. The molecule has 2 aromatic heterocycles. The summed E-state index contributed by atoms with van der Waals surface area (Å²) < 4.78 is 0.841. The number of carbonyl (C=O) groups is 2. The van der Waals surface area contributed by atoms with Crippen LogP contribution in [0.4, 0.5) is 5.95 Å². The van der Waals surface area contributed by atoms with E-state index in [9.17, 15) is 14.4 Å². The Morgan fingerprint density at radius 3 is 2.63 bits per heavy atom. The minimum Gasteiger partial charge on any atom is -0.369 e. The molecule has 9 heteroatoms. The SMILES string of the molecule is Cc1ccccc1C(=O)n1c(/N=C/N(C)C)nc2ncc(C=O)nc2c1=O. The standard InChI is InChI=1S/C18H16N6O3/c1-11-6-4-5-7-13(11)16(26)24-17(27)14-15(19-8-12(9-25)21-14)22-18(24)20-10-23(2)3/h4-10H,1-3H3/b20-10+. The molecule has 0 radical (unpaired) electrons. The molecule has 0 unspecified atom stereocenters. The summed E-state index contributed by atoms with van der Waals surface area (Å²) in [5, 5.41) is 0. The third-order valence-electron chi connectivity index (χ3n) is 3.69. The lowest BCUT2D eigenvalue weighted by Crippen LogP contribution is -2.30. The van der Waals surface area contributed by atoms with Gasteiger partial charge in [-0.25, -0.2) is 19.5 Å². The number of carbonyl (C=O) groups excluding carboxylic acids is 2. The first-order valence-corrected chi connectivity index (χ1v) is 7.98. The van der Waals surface area contributed by atoms with Gasteiger partial charge in [-0.15, -0.1) is 0 Å². The summed E-state index contributed by atoms with van der Waals surface area (Å²) in [5.74, 6) is -0.709. The summed E-state index contributed by atoms with van der Waals surface area (Å²) in [4.78, 5) is 54.9. The molecule has 0 N–H and O–H groups in total. The number of aromatic nitrogens is 4. The molecule has 0 amide bonds. The fourth-order valence-corrected chi connectivity index (χ4v) is 2.39. The molecule has 0 spiro atoms. The Morgan fingerprint density at radius 1 is 1.22 bits per heavy atom. The van der Waals surface area contributed by atoms with Crippen molar-refractivity contribution in [2.45, 2.75) is 6.92 Å². The zero-order chi connectivity index (χ0) is 19.6. The fraction of sp³-hybridized carbons (Fsp3) is 0.167. The van der Waals surface area contributed by atoms with Crippen LogP contribution in [0.2, 0.25) is 0 Å². The zero-order valence-corrected chi connectivity index (χ0v) is 14.9. The molecule has 0 bridgehead atoms. The van der Waals surface area contributed by atoms with Gasteiger partial charge >= 0.3 is 0 Å². The second kappa shape index (κ2) is 7.24. The van der Waals surface area contributed by atoms with Crippen LogP contribution >= 0.6 is 0 Å². The second-order valence-corrected chi connectivity index (χ2v) is 5.97. The van der Waals surface area contributed by atoms with Crippen LogP contribution in [-0.2, 0) is 0 Å². The van der Waals surface area contributed by atoms with Gasteiger partial charge in [0.05, 0.1) is 12.5 Å². The summed E-state index contributed by atoms with van der Waals surface area (Å²) in [6.07, 6.45) is 3.09. The topological polar surface area (TPSA) is 110 Å². The fourth-order valence-electron chi connectivity index (χ4n) is 2.39. The summed E-state index contributed by atoms with van der Waals surface area (Å²) in [5.41, 5.74) is 0.0955. The van der Waals surface area contributed by atoms with Crippen molar-refractivity contribution < 1.29 is 9.59 Å². The largest absolute Gasteiger partial charge is 0.369 e. The Hall–Kier alpha value is -3.75. The first-order valence-electron chi connectivity index (χ1n) is 7.98. The maximum Gasteiger partial charge on any atom is 0.290 e. The Balaban J connectivity index is 2.33. The quantitative estimate of drug-likeness (QED) is 0.389. The van der Waals surface area contributed by atoms with Crippen LogP contribution < -0.4 is 5.56 Å². The van der Waals surface area contributed by atoms with Crippen molar-refractivity contribution in [3.05, 3.63) is 57.6 Å². The average molecular weight is 364 g/mol. The third kappa shape index (κ3) is 3.47. The molecule has 2 heterocycles. The lowest BCUT2D eigenvalue weighted by atomic mass is 10.1. The Bertz CT molecular complexity index is 1130. The Morgan fingerprint density at radius 2 is 1.96 bits per heavy atom. The van der Waals surface area contributed by atoms with E-state index in [1.807, 2.05) is 0 Å². The summed E-state index contributed by atoms with van der Waals surface area (Å²) >= 11 is 0. The molecule has 3 rings (SSSR count). The van der Waals surface area contributed by atoms with E-state index >= 15 is 0 Å². The molecule has 9 nitrogen and oxygen atoms in total. The van der Waals surface area contributed by atoms with E-state index in [2.05, 4.69) is 19.9 Å². The van der Waals surface area contributed by atoms with Gasteiger partial charge in [-0.05, 0) is 18.6 Å². The molecule has 0 saturated carbocycles. The number of benzene rings is 1. The van der Waals surface area contributed by atoms with Crippen LogP contribution in [0.3, 0.4) is 0 Å². The highest BCUT2D eigenvalue weighted by Gasteiger charge is 2.21. The maximum absolute atomic E-state index is 13.1. The highest BCUT2D eigenvalue weighted by atomic mass is 16.2. The molecule has 136 valence electrons. The van der Waals surface area contributed by atoms with E-state index in [4.69, 9.17) is 0 Å². The monoisotopic (exact) mass is 364 g/mol. The van der Waals surface area contributed by atoms with Gasteiger partial charge in [0.25, 0.3) is 11.5 Å². The molecule has 0 aliphatic heterocycles. The molecular formula is C18H16N6O3. The molecule has 3 aromatic rings. The summed E-state index contributed by atoms with van der Waals surface area (Å²) in [6, 6.07) is 6.87. The van der Waals surface area contributed by atoms with Gasteiger partial charge < -0.3 is 4.90 Å². The van der Waals surface area contributed by atoms with Crippen molar-refractivity contribution in [3.63, 3.8) is 0 Å². The molecule has 1 aromatic carbocycles. The van der Waals surface area contributed by atoms with Crippen molar-refractivity contribution in [2.24, 2.45) is 4.99 Å². The molecule has 0 fully saturated rings. The van der Waals surface area contributed by atoms with E-state index in [-0.39, 0.29) is 22.8 Å². The van der Waals surface area contributed by atoms with Gasteiger partial charge in [-0.2, -0.15) is 4.98 Å². The Kier molecular flexibility index (Phi) is 4.84. The molecule has 27 heavy (non-hydrogen) atoms. The number of fused-ring (bicyclic) bond motifs is 1. The molecule has 0 atom stereocenters. The van der Waals surface area contributed by atoms with Crippen LogP contribution in [0.5, 0.6) is 0 Å². The lowest BCUT2D eigenvalue weighted by molar-refractivity contribution is 0.0956. The van der Waals surface area contributed by atoms with Crippen molar-refractivity contribution >= 4 is 35.6 Å². The van der Waals surface area contributed by atoms with E-state index < -0.39 is 11.5 Å². The van der Waals surface area contributed by atoms with Gasteiger partial charge in [0, 0.05) is 19.7 Å². The molecule has 0 aliphatic carbocycles. The summed E-state index contributed by atoms with van der Waals surface area (Å²) in [6.45, 7) is 1.76. The number of nitrogens with zero attached hydrogens (tertiary/aromatic N) is 6. The van der Waals surface area contributed by atoms with E-state index in [1.54, 1.807) is 50.2 Å². The van der Waals surface area contributed by atoms with Crippen LogP contribution in [0.15, 0.2) is 40.2 Å². The van der Waals surface area contributed by atoms with Gasteiger partial charge in [-0.1, -0.05) is 18.2 Å². The smallest absolute Gasteiger partial charge is 0.290 e. The molecular weight excluding hydrogens is 348 g/mol. The number of hydrogen-bond acceptors (Lipinski definition) is 7. The van der Waals surface area contributed by atoms with E-state index in [0.29, 0.717) is 17.4 Å². The van der Waals surface area contributed by atoms with E-state index in [1.165, 1.54) is 12.5 Å². The van der Waals surface area contributed by atoms with Crippen molar-refractivity contribution in [1.82, 2.24) is 24.4 Å². The number of rotatable bonds is 4. The maximum atomic E-state index is 13.1. The summed E-state index contributed by atoms with van der Waals surface area (Å²) in [7, 11) is 3.48. The molecule has 0 aliphatic rings. The average Bonchev–Trinajstić information content (AvgIpc) is 2.66. The van der Waals surface area contributed by atoms with Crippen molar-refractivity contribution in [2.75, 3.05) is 14.1 Å². The normalized spacial score (nSPS) is 11.1. The zero-order valence-electron chi connectivity index (χ0n) is 14.9. The second-order valence-electron chi connectivity index (χ2n) is 5.97. The lowest BCUT2D eigenvalue weighted by Gasteiger charge is -2.11. The van der Waals surface area contributed by atoms with Crippen LogP contribution in [0.1, 0.15) is 26.4 Å². The first kappa shape index (κ1) is 18.1. The highest BCUT2D eigenvalue weighted by Crippen LogP contribution is 2.15. The van der Waals surface area contributed by atoms with Crippen LogP contribution in [0, 0.1) is 6.92 Å². The first-order chi connectivity index (χ1) is 12.9. The van der Waals surface area contributed by atoms with Crippen LogP contribution in [-0.4, -0.2) is 57.0 Å². The number of aryl methyl sites for hydroxylation is 1. The predicted octanol–water partition coefficient (Wildman–Crippen LogP) is 1.22. The number of aliphatic imine (C=N–C) groups is 1. The molecule has 0 saturated heterocycles. The van der Waals surface area contributed by atoms with E-state index in [0.717, 1.165) is 4.57 Å². The minimum atomic E-state index is -0.740. The minimum absolute atomic E-state index is 0.00494.